The van der Waals surface area contributed by atoms with Gasteiger partial charge in [-0.3, -0.25) is 0 Å². The predicted octanol–water partition coefficient (Wildman–Crippen LogP) is 2.85. The summed E-state index contributed by atoms with van der Waals surface area (Å²) >= 11 is 0. The van der Waals surface area contributed by atoms with Crippen LogP contribution in [0.2, 0.25) is 0 Å². The van der Waals surface area contributed by atoms with Crippen LogP contribution < -0.4 is 5.32 Å². The van der Waals surface area contributed by atoms with Crippen LogP contribution in [0.4, 0.5) is 5.69 Å². The van der Waals surface area contributed by atoms with Crippen LogP contribution in [-0.4, -0.2) is 18.8 Å². The number of aryl methyl sites for hydroxylation is 1. The summed E-state index contributed by atoms with van der Waals surface area (Å²) in [6, 6.07) is 8.25. The van der Waals surface area contributed by atoms with Gasteiger partial charge in [-0.25, -0.2) is 0 Å². The Balaban J connectivity index is 2.15. The number of para-hydroxylation sites is 1. The Morgan fingerprint density at radius 2 is 2.35 bits per heavy atom. The molecular formula is C14H18N2O. The van der Waals surface area contributed by atoms with Crippen molar-refractivity contribution in [3.63, 3.8) is 0 Å². The fourth-order valence-corrected chi connectivity index (χ4v) is 2.27. The fourth-order valence-electron chi connectivity index (χ4n) is 2.27. The highest BCUT2D eigenvalue weighted by Crippen LogP contribution is 2.24. The summed E-state index contributed by atoms with van der Waals surface area (Å²) in [4.78, 5) is 0. The van der Waals surface area contributed by atoms with Crippen molar-refractivity contribution in [3.05, 3.63) is 29.3 Å². The summed E-state index contributed by atoms with van der Waals surface area (Å²) in [5.41, 5.74) is 2.75. The van der Waals surface area contributed by atoms with Crippen LogP contribution in [0.15, 0.2) is 18.2 Å². The lowest BCUT2D eigenvalue weighted by atomic mass is 10.1. The van der Waals surface area contributed by atoms with Gasteiger partial charge in [0.1, 0.15) is 6.07 Å². The minimum atomic E-state index is 0.241. The second-order valence-electron chi connectivity index (χ2n) is 4.59. The maximum absolute atomic E-state index is 9.10. The smallest absolute Gasteiger partial charge is 0.101 e. The largest absolute Gasteiger partial charge is 0.379 e. The fraction of sp³-hybridized carbons (Fsp3) is 0.500. The number of benzene rings is 1. The molecule has 1 saturated heterocycles. The van der Waals surface area contributed by atoms with Gasteiger partial charge in [-0.2, -0.15) is 5.26 Å². The van der Waals surface area contributed by atoms with Gasteiger partial charge >= 0.3 is 0 Å². The molecule has 1 N–H and O–H groups in total. The first-order valence-corrected chi connectivity index (χ1v) is 6.10. The molecule has 1 aromatic carbocycles. The molecule has 90 valence electrons. The van der Waals surface area contributed by atoms with E-state index in [2.05, 4.69) is 18.3 Å². The maximum atomic E-state index is 9.10. The molecule has 3 nitrogen and oxygen atoms in total. The van der Waals surface area contributed by atoms with E-state index in [-0.39, 0.29) is 12.1 Å². The first-order chi connectivity index (χ1) is 8.22. The molecule has 1 aliphatic heterocycles. The summed E-state index contributed by atoms with van der Waals surface area (Å²) in [6.45, 7) is 4.99. The average molecular weight is 230 g/mol. The molecule has 0 amide bonds. The Kier molecular flexibility index (Phi) is 3.65. The predicted molar refractivity (Wildman–Crippen MR) is 68.0 cm³/mol. The van der Waals surface area contributed by atoms with Crippen molar-refractivity contribution in [2.45, 2.75) is 38.8 Å². The lowest BCUT2D eigenvalue weighted by Crippen LogP contribution is -2.30. The number of nitrogens with zero attached hydrogens (tertiary/aromatic N) is 1. The Hall–Kier alpha value is -1.53. The van der Waals surface area contributed by atoms with E-state index in [0.717, 1.165) is 30.7 Å². The Labute approximate surface area is 102 Å². The van der Waals surface area contributed by atoms with Gasteiger partial charge < -0.3 is 10.1 Å². The topological polar surface area (TPSA) is 45.0 Å². The van der Waals surface area contributed by atoms with Crippen molar-refractivity contribution in [2.24, 2.45) is 0 Å². The van der Waals surface area contributed by atoms with E-state index in [1.54, 1.807) is 0 Å². The molecule has 0 aromatic heterocycles. The van der Waals surface area contributed by atoms with E-state index in [0.29, 0.717) is 5.56 Å². The van der Waals surface area contributed by atoms with Gasteiger partial charge in [-0.05, 0) is 38.3 Å². The summed E-state index contributed by atoms with van der Waals surface area (Å²) in [5, 5.41) is 12.5. The van der Waals surface area contributed by atoms with Crippen LogP contribution in [0.3, 0.4) is 0 Å². The van der Waals surface area contributed by atoms with Crippen LogP contribution in [0.25, 0.3) is 0 Å². The standard InChI is InChI=1S/C14H18N2O/c1-10-5-3-6-12(9-15)14(10)16-11(2)13-7-4-8-17-13/h3,5-6,11,13,16H,4,7-8H2,1-2H3. The van der Waals surface area contributed by atoms with Gasteiger partial charge in [-0.15, -0.1) is 0 Å². The SMILES string of the molecule is Cc1cccc(C#N)c1NC(C)C1CCCO1. The van der Waals surface area contributed by atoms with Crippen molar-refractivity contribution in [1.29, 1.82) is 5.26 Å². The quantitative estimate of drug-likeness (QED) is 0.868. The zero-order chi connectivity index (χ0) is 12.3. The molecule has 1 aromatic rings. The molecule has 0 bridgehead atoms. The third-order valence-corrected chi connectivity index (χ3v) is 3.29. The molecule has 1 heterocycles. The van der Waals surface area contributed by atoms with Crippen molar-refractivity contribution >= 4 is 5.69 Å². The monoisotopic (exact) mass is 230 g/mol. The maximum Gasteiger partial charge on any atom is 0.101 e. The zero-order valence-electron chi connectivity index (χ0n) is 10.4. The van der Waals surface area contributed by atoms with Gasteiger partial charge in [0.25, 0.3) is 0 Å². The third kappa shape index (κ3) is 2.59. The second-order valence-corrected chi connectivity index (χ2v) is 4.59. The molecule has 0 spiro atoms. The van der Waals surface area contributed by atoms with E-state index < -0.39 is 0 Å². The van der Waals surface area contributed by atoms with Crippen molar-refractivity contribution < 1.29 is 4.74 Å². The van der Waals surface area contributed by atoms with Crippen LogP contribution in [-0.2, 0) is 4.74 Å². The number of hydrogen-bond donors (Lipinski definition) is 1. The zero-order valence-corrected chi connectivity index (χ0v) is 10.4. The van der Waals surface area contributed by atoms with Crippen LogP contribution in [0, 0.1) is 18.3 Å². The number of anilines is 1. The average Bonchev–Trinajstić information content (AvgIpc) is 2.85. The Morgan fingerprint density at radius 3 is 3.00 bits per heavy atom. The molecule has 3 heteroatoms. The van der Waals surface area contributed by atoms with Crippen LogP contribution in [0.1, 0.15) is 30.9 Å². The van der Waals surface area contributed by atoms with Gasteiger partial charge in [0.15, 0.2) is 0 Å². The number of nitrogens with one attached hydrogen (secondary N) is 1. The lowest BCUT2D eigenvalue weighted by Gasteiger charge is -2.22. The molecule has 2 atom stereocenters. The molecule has 17 heavy (non-hydrogen) atoms. The summed E-state index contributed by atoms with van der Waals surface area (Å²) in [5.74, 6) is 0. The second kappa shape index (κ2) is 5.20. The van der Waals surface area contributed by atoms with Gasteiger partial charge in [0.2, 0.25) is 0 Å². The molecule has 1 fully saturated rings. The van der Waals surface area contributed by atoms with Crippen LogP contribution in [0.5, 0.6) is 0 Å². The Bertz CT molecular complexity index is 430. The first kappa shape index (κ1) is 11.9. The molecule has 0 aliphatic carbocycles. The highest BCUT2D eigenvalue weighted by atomic mass is 16.5. The highest BCUT2D eigenvalue weighted by Gasteiger charge is 2.23. The number of ether oxygens (including phenoxy) is 1. The van der Waals surface area contributed by atoms with Gasteiger partial charge in [0.05, 0.1) is 17.4 Å². The van der Waals surface area contributed by atoms with E-state index in [4.69, 9.17) is 10.00 Å². The number of nitriles is 1. The number of hydrogen-bond acceptors (Lipinski definition) is 3. The summed E-state index contributed by atoms with van der Waals surface area (Å²) in [7, 11) is 0. The van der Waals surface area contributed by atoms with Gasteiger partial charge in [0, 0.05) is 12.6 Å². The minimum Gasteiger partial charge on any atom is -0.379 e. The van der Waals surface area contributed by atoms with E-state index in [1.165, 1.54) is 0 Å². The highest BCUT2D eigenvalue weighted by molar-refractivity contribution is 5.62. The minimum absolute atomic E-state index is 0.241. The summed E-state index contributed by atoms with van der Waals surface area (Å²) < 4.78 is 5.65. The number of rotatable bonds is 3. The lowest BCUT2D eigenvalue weighted by molar-refractivity contribution is 0.0996. The van der Waals surface area contributed by atoms with Crippen LogP contribution >= 0.6 is 0 Å². The van der Waals surface area contributed by atoms with Gasteiger partial charge in [-0.1, -0.05) is 12.1 Å². The molecule has 2 rings (SSSR count). The van der Waals surface area contributed by atoms with Crippen molar-refractivity contribution in [1.82, 2.24) is 0 Å². The first-order valence-electron chi connectivity index (χ1n) is 6.10. The normalized spacial score (nSPS) is 20.9. The van der Waals surface area contributed by atoms with Crippen molar-refractivity contribution in [3.8, 4) is 6.07 Å². The van der Waals surface area contributed by atoms with Crippen molar-refractivity contribution in [2.75, 3.05) is 11.9 Å². The molecular weight excluding hydrogens is 212 g/mol. The molecule has 1 aliphatic rings. The summed E-state index contributed by atoms with van der Waals surface area (Å²) in [6.07, 6.45) is 2.50. The third-order valence-electron chi connectivity index (χ3n) is 3.29. The van der Waals surface area contributed by atoms with E-state index >= 15 is 0 Å². The van der Waals surface area contributed by atoms with E-state index in [9.17, 15) is 0 Å². The molecule has 0 radical (unpaired) electrons. The Morgan fingerprint density at radius 1 is 1.53 bits per heavy atom. The molecule has 2 unspecified atom stereocenters. The van der Waals surface area contributed by atoms with E-state index in [1.807, 2.05) is 25.1 Å². The molecule has 0 saturated carbocycles.